The van der Waals surface area contributed by atoms with Gasteiger partial charge in [-0.2, -0.15) is 0 Å². The molecule has 0 aliphatic carbocycles. The third kappa shape index (κ3) is 2.74. The summed E-state index contributed by atoms with van der Waals surface area (Å²) in [5, 5.41) is 0. The summed E-state index contributed by atoms with van der Waals surface area (Å²) in [4.78, 5) is 5.17. The number of aromatic nitrogens is 3. The van der Waals surface area contributed by atoms with Crippen LogP contribution >= 0.6 is 0 Å². The zero-order valence-electron chi connectivity index (χ0n) is 19.0. The normalized spacial score (nSPS) is 12.2. The van der Waals surface area contributed by atoms with E-state index in [0.29, 0.717) is 0 Å². The van der Waals surface area contributed by atoms with Gasteiger partial charge in [0.2, 0.25) is 5.69 Å². The van der Waals surface area contributed by atoms with Gasteiger partial charge < -0.3 is 0 Å². The molecule has 3 heteroatoms. The summed E-state index contributed by atoms with van der Waals surface area (Å²) in [5.41, 5.74) is 13.6. The largest absolute Gasteiger partial charge is 0.296 e. The molecule has 0 N–H and O–H groups in total. The number of pyridine rings is 1. The fourth-order valence-corrected chi connectivity index (χ4v) is 5.13. The van der Waals surface area contributed by atoms with E-state index < -0.39 is 0 Å². The summed E-state index contributed by atoms with van der Waals surface area (Å²) in [6.07, 6.45) is 3.12. The lowest BCUT2D eigenvalue weighted by atomic mass is 9.96. The molecule has 0 radical (unpaired) electrons. The van der Waals surface area contributed by atoms with Gasteiger partial charge in [-0.1, -0.05) is 54.1 Å². The van der Waals surface area contributed by atoms with Crippen LogP contribution in [-0.4, -0.2) is 9.55 Å². The summed E-state index contributed by atoms with van der Waals surface area (Å²) >= 11 is 0. The van der Waals surface area contributed by atoms with Gasteiger partial charge in [-0.3, -0.25) is 4.57 Å². The second kappa shape index (κ2) is 6.89. The van der Waals surface area contributed by atoms with Crippen LogP contribution in [0.4, 0.5) is 0 Å². The topological polar surface area (TPSA) is 21.7 Å². The van der Waals surface area contributed by atoms with Crippen molar-refractivity contribution in [3.8, 4) is 28.1 Å². The first kappa shape index (κ1) is 19.0. The van der Waals surface area contributed by atoms with Crippen LogP contribution in [0.2, 0.25) is 0 Å². The smallest absolute Gasteiger partial charge is 0.215 e. The van der Waals surface area contributed by atoms with E-state index in [1.54, 1.807) is 0 Å². The molecule has 1 aliphatic heterocycles. The first-order valence-electron chi connectivity index (χ1n) is 11.2. The average Bonchev–Trinajstić information content (AvgIpc) is 3.31. The molecule has 0 saturated carbocycles. The SMILES string of the molecule is Cc1ccc(-c2cc(-c3c(C)ccc4c3nc3n4-c4ccccc4C3)[n+](C)cc2C)cc1. The van der Waals surface area contributed by atoms with E-state index in [4.69, 9.17) is 4.98 Å². The molecule has 156 valence electrons. The van der Waals surface area contributed by atoms with Crippen molar-refractivity contribution in [3.05, 3.63) is 101 Å². The Balaban J connectivity index is 1.61. The molecule has 0 spiro atoms. The Morgan fingerprint density at radius 3 is 2.47 bits per heavy atom. The first-order chi connectivity index (χ1) is 15.5. The Hall–Kier alpha value is -3.72. The lowest BCUT2D eigenvalue weighted by molar-refractivity contribution is -0.660. The summed E-state index contributed by atoms with van der Waals surface area (Å²) < 4.78 is 4.58. The lowest BCUT2D eigenvalue weighted by Gasteiger charge is -2.11. The number of aryl methyl sites for hydroxylation is 4. The molecule has 1 aliphatic rings. The molecule has 3 nitrogen and oxygen atoms in total. The highest BCUT2D eigenvalue weighted by atomic mass is 15.1. The molecular formula is C29H26N3+. The van der Waals surface area contributed by atoms with Crippen molar-refractivity contribution >= 4 is 11.0 Å². The van der Waals surface area contributed by atoms with Gasteiger partial charge in [0.15, 0.2) is 6.20 Å². The quantitative estimate of drug-likeness (QED) is 0.317. The van der Waals surface area contributed by atoms with Crippen LogP contribution in [0.5, 0.6) is 0 Å². The predicted octanol–water partition coefficient (Wildman–Crippen LogP) is 6.01. The van der Waals surface area contributed by atoms with Crippen LogP contribution in [0.3, 0.4) is 0 Å². The van der Waals surface area contributed by atoms with Gasteiger partial charge in [0.05, 0.1) is 16.8 Å². The second-order valence-electron chi connectivity index (χ2n) is 9.03. The Labute approximate surface area is 188 Å². The molecule has 0 fully saturated rings. The molecular weight excluding hydrogens is 390 g/mol. The molecule has 3 heterocycles. The molecule has 2 aromatic heterocycles. The molecule has 3 aromatic carbocycles. The summed E-state index contributed by atoms with van der Waals surface area (Å²) in [6.45, 7) is 6.51. The Morgan fingerprint density at radius 1 is 0.875 bits per heavy atom. The van der Waals surface area contributed by atoms with Gasteiger partial charge in [-0.15, -0.1) is 0 Å². The predicted molar refractivity (Wildman–Crippen MR) is 130 cm³/mol. The van der Waals surface area contributed by atoms with Crippen LogP contribution < -0.4 is 4.57 Å². The highest BCUT2D eigenvalue weighted by Crippen LogP contribution is 2.37. The maximum absolute atomic E-state index is 5.17. The fourth-order valence-electron chi connectivity index (χ4n) is 5.13. The van der Waals surface area contributed by atoms with Crippen molar-refractivity contribution in [2.45, 2.75) is 27.2 Å². The van der Waals surface area contributed by atoms with Crippen LogP contribution in [0, 0.1) is 20.8 Å². The lowest BCUT2D eigenvalue weighted by Crippen LogP contribution is -2.31. The van der Waals surface area contributed by atoms with Gasteiger partial charge in [-0.05, 0) is 55.2 Å². The van der Waals surface area contributed by atoms with Gasteiger partial charge in [-0.25, -0.2) is 9.55 Å². The van der Waals surface area contributed by atoms with Crippen LogP contribution in [0.1, 0.15) is 28.1 Å². The van der Waals surface area contributed by atoms with Gasteiger partial charge in [0.1, 0.15) is 18.4 Å². The molecule has 0 atom stereocenters. The number of para-hydroxylation sites is 1. The Morgan fingerprint density at radius 2 is 1.66 bits per heavy atom. The van der Waals surface area contributed by atoms with E-state index in [-0.39, 0.29) is 0 Å². The van der Waals surface area contributed by atoms with E-state index in [2.05, 4.69) is 110 Å². The van der Waals surface area contributed by atoms with Crippen molar-refractivity contribution in [1.29, 1.82) is 0 Å². The molecule has 0 unspecified atom stereocenters. The van der Waals surface area contributed by atoms with Gasteiger partial charge in [0.25, 0.3) is 0 Å². The monoisotopic (exact) mass is 416 g/mol. The number of hydrogen-bond acceptors (Lipinski definition) is 1. The zero-order chi connectivity index (χ0) is 22.0. The number of hydrogen-bond donors (Lipinski definition) is 0. The van der Waals surface area contributed by atoms with E-state index in [9.17, 15) is 0 Å². The fraction of sp³-hybridized carbons (Fsp3) is 0.172. The minimum Gasteiger partial charge on any atom is -0.296 e. The highest BCUT2D eigenvalue weighted by Gasteiger charge is 2.27. The summed E-state index contributed by atoms with van der Waals surface area (Å²) in [7, 11) is 2.14. The van der Waals surface area contributed by atoms with E-state index in [1.807, 2.05) is 0 Å². The first-order valence-corrected chi connectivity index (χ1v) is 11.2. The van der Waals surface area contributed by atoms with Crippen molar-refractivity contribution in [3.63, 3.8) is 0 Å². The number of nitrogens with zero attached hydrogens (tertiary/aromatic N) is 3. The van der Waals surface area contributed by atoms with E-state index in [0.717, 1.165) is 17.8 Å². The Bertz CT molecular complexity index is 1520. The van der Waals surface area contributed by atoms with Gasteiger partial charge in [0, 0.05) is 18.1 Å². The molecule has 6 rings (SSSR count). The van der Waals surface area contributed by atoms with Crippen molar-refractivity contribution < 1.29 is 4.57 Å². The second-order valence-corrected chi connectivity index (χ2v) is 9.03. The maximum atomic E-state index is 5.17. The molecule has 0 amide bonds. The highest BCUT2D eigenvalue weighted by molar-refractivity contribution is 5.95. The van der Waals surface area contributed by atoms with Crippen LogP contribution in [-0.2, 0) is 13.5 Å². The molecule has 0 saturated heterocycles. The number of fused-ring (bicyclic) bond motifs is 5. The Kier molecular flexibility index (Phi) is 4.09. The minimum atomic E-state index is 0.887. The van der Waals surface area contributed by atoms with Crippen molar-refractivity contribution in [2.75, 3.05) is 0 Å². The molecule has 0 bridgehead atoms. The number of rotatable bonds is 2. The summed E-state index contributed by atoms with van der Waals surface area (Å²) in [5.74, 6) is 1.13. The third-order valence-corrected chi connectivity index (χ3v) is 6.78. The van der Waals surface area contributed by atoms with Crippen molar-refractivity contribution in [2.24, 2.45) is 7.05 Å². The minimum absolute atomic E-state index is 0.887. The molecule has 32 heavy (non-hydrogen) atoms. The molecule has 5 aromatic rings. The number of benzene rings is 3. The van der Waals surface area contributed by atoms with Crippen molar-refractivity contribution in [1.82, 2.24) is 9.55 Å². The third-order valence-electron chi connectivity index (χ3n) is 6.78. The maximum Gasteiger partial charge on any atom is 0.215 e. The van der Waals surface area contributed by atoms with Crippen LogP contribution in [0.25, 0.3) is 39.1 Å². The van der Waals surface area contributed by atoms with E-state index in [1.165, 1.54) is 55.8 Å². The van der Waals surface area contributed by atoms with Gasteiger partial charge >= 0.3 is 0 Å². The zero-order valence-corrected chi connectivity index (χ0v) is 19.0. The average molecular weight is 417 g/mol. The standard InChI is InChI=1S/C29H26N3/c1-18-9-12-21(13-10-18)23-16-26(31(4)17-20(23)3)28-19(2)11-14-25-29(28)30-27-15-22-7-5-6-8-24(22)32(25)27/h5-14,16-17H,15H2,1-4H3/q+1. The van der Waals surface area contributed by atoms with E-state index >= 15 is 0 Å². The van der Waals surface area contributed by atoms with Crippen LogP contribution in [0.15, 0.2) is 72.9 Å². The number of imidazole rings is 1. The summed E-state index contributed by atoms with van der Waals surface area (Å²) in [6, 6.07) is 24.2.